The fourth-order valence-corrected chi connectivity index (χ4v) is 6.82. The van der Waals surface area contributed by atoms with Crippen LogP contribution in [-0.2, 0) is 25.0 Å². The minimum atomic E-state index is -4.11. The van der Waals surface area contributed by atoms with E-state index in [0.717, 1.165) is 16.9 Å². The highest BCUT2D eigenvalue weighted by Gasteiger charge is 2.72. The molecule has 0 amide bonds. The van der Waals surface area contributed by atoms with Gasteiger partial charge in [0, 0.05) is 10.3 Å². The highest BCUT2D eigenvalue weighted by atomic mass is 32.2. The molecule has 7 nitrogen and oxygen atoms in total. The number of esters is 1. The summed E-state index contributed by atoms with van der Waals surface area (Å²) in [6.45, 7) is 3.72. The molecule has 1 aromatic heterocycles. The summed E-state index contributed by atoms with van der Waals surface area (Å²) in [5.74, 6) is -1.67. The maximum atomic E-state index is 13.2. The van der Waals surface area contributed by atoms with Crippen molar-refractivity contribution in [1.29, 1.82) is 0 Å². The molecule has 2 aromatic carbocycles. The van der Waals surface area contributed by atoms with Crippen LogP contribution in [0.1, 0.15) is 36.2 Å². The van der Waals surface area contributed by atoms with E-state index in [-0.39, 0.29) is 17.2 Å². The van der Waals surface area contributed by atoms with Gasteiger partial charge in [0.2, 0.25) is 0 Å². The van der Waals surface area contributed by atoms with Gasteiger partial charge in [-0.05, 0) is 48.7 Å². The Bertz CT molecular complexity index is 1320. The molecule has 3 aromatic rings. The molecule has 1 saturated carbocycles. The van der Waals surface area contributed by atoms with Crippen LogP contribution in [0.2, 0.25) is 0 Å². The number of thiophene rings is 1. The molecule has 1 aliphatic rings. The van der Waals surface area contributed by atoms with Gasteiger partial charge in [-0.3, -0.25) is 4.79 Å². The number of ether oxygens (including phenoxy) is 1. The summed E-state index contributed by atoms with van der Waals surface area (Å²) in [4.78, 5) is 24.8. The molecule has 2 atom stereocenters. The monoisotopic (exact) mass is 485 g/mol. The van der Waals surface area contributed by atoms with Crippen LogP contribution >= 0.6 is 11.3 Å². The van der Waals surface area contributed by atoms with Gasteiger partial charge in [-0.15, -0.1) is 11.3 Å². The van der Waals surface area contributed by atoms with Gasteiger partial charge >= 0.3 is 11.9 Å². The van der Waals surface area contributed by atoms with E-state index >= 15 is 0 Å². The lowest BCUT2D eigenvalue weighted by molar-refractivity contribution is -0.140. The molecule has 33 heavy (non-hydrogen) atoms. The van der Waals surface area contributed by atoms with Crippen molar-refractivity contribution in [3.05, 3.63) is 77.9 Å². The van der Waals surface area contributed by atoms with Crippen LogP contribution in [-0.4, -0.2) is 37.6 Å². The smallest absolute Gasteiger partial charge is 0.338 e. The normalized spacial score (nSPS) is 22.0. The third-order valence-electron chi connectivity index (χ3n) is 6.02. The molecule has 172 valence electrons. The number of nitrogens with one attached hydrogen (secondary N) is 1. The quantitative estimate of drug-likeness (QED) is 0.466. The van der Waals surface area contributed by atoms with Crippen LogP contribution in [0.3, 0.4) is 0 Å². The molecular formula is C24H23NO6S2. The Balaban J connectivity index is 1.62. The minimum Gasteiger partial charge on any atom is -0.480 e. The van der Waals surface area contributed by atoms with Crippen LogP contribution in [0.25, 0.3) is 10.4 Å². The van der Waals surface area contributed by atoms with Crippen molar-refractivity contribution in [2.45, 2.75) is 35.4 Å². The predicted octanol–water partition coefficient (Wildman–Crippen LogP) is 4.06. The van der Waals surface area contributed by atoms with E-state index in [1.165, 1.54) is 6.07 Å². The Morgan fingerprint density at radius 3 is 2.48 bits per heavy atom. The van der Waals surface area contributed by atoms with Gasteiger partial charge in [0.1, 0.15) is 9.75 Å². The molecule has 1 aliphatic carbocycles. The largest absolute Gasteiger partial charge is 0.480 e. The highest BCUT2D eigenvalue weighted by molar-refractivity contribution is 7.91. The molecular weight excluding hydrogens is 462 g/mol. The van der Waals surface area contributed by atoms with E-state index in [9.17, 15) is 23.1 Å². The van der Waals surface area contributed by atoms with Crippen molar-refractivity contribution in [3.63, 3.8) is 0 Å². The predicted molar refractivity (Wildman–Crippen MR) is 125 cm³/mol. The van der Waals surface area contributed by atoms with Gasteiger partial charge < -0.3 is 9.84 Å². The van der Waals surface area contributed by atoms with Crippen LogP contribution in [0.15, 0.2) is 70.9 Å². The maximum absolute atomic E-state index is 13.2. The van der Waals surface area contributed by atoms with Crippen molar-refractivity contribution in [1.82, 2.24) is 4.72 Å². The maximum Gasteiger partial charge on any atom is 0.338 e. The van der Waals surface area contributed by atoms with E-state index in [0.29, 0.717) is 16.0 Å². The van der Waals surface area contributed by atoms with Gasteiger partial charge in [0.15, 0.2) is 0 Å². The molecule has 1 heterocycles. The second-order valence-electron chi connectivity index (χ2n) is 8.11. The van der Waals surface area contributed by atoms with Gasteiger partial charge in [-0.2, -0.15) is 4.72 Å². The Labute approximate surface area is 196 Å². The minimum absolute atomic E-state index is 0.00183. The van der Waals surface area contributed by atoms with E-state index in [2.05, 4.69) is 4.72 Å². The first kappa shape index (κ1) is 23.2. The van der Waals surface area contributed by atoms with E-state index in [1.54, 1.807) is 68.4 Å². The number of aliphatic carboxylic acids is 1. The van der Waals surface area contributed by atoms with E-state index < -0.39 is 32.9 Å². The average Bonchev–Trinajstić information content (AvgIpc) is 3.15. The van der Waals surface area contributed by atoms with Gasteiger partial charge in [-0.1, -0.05) is 49.4 Å². The molecule has 0 radical (unpaired) electrons. The van der Waals surface area contributed by atoms with Gasteiger partial charge in [0.25, 0.3) is 10.0 Å². The van der Waals surface area contributed by atoms with Crippen molar-refractivity contribution in [3.8, 4) is 10.4 Å². The molecule has 2 N–H and O–H groups in total. The highest BCUT2D eigenvalue weighted by Crippen LogP contribution is 2.58. The summed E-state index contributed by atoms with van der Waals surface area (Å²) in [7, 11) is -4.11. The molecule has 9 heteroatoms. The van der Waals surface area contributed by atoms with Gasteiger partial charge in [0.05, 0.1) is 12.2 Å². The molecule has 4 rings (SSSR count). The van der Waals surface area contributed by atoms with Crippen LogP contribution in [0.4, 0.5) is 0 Å². The van der Waals surface area contributed by atoms with Crippen LogP contribution in [0.5, 0.6) is 0 Å². The molecule has 1 fully saturated rings. The molecule has 0 aliphatic heterocycles. The van der Waals surface area contributed by atoms with Crippen molar-refractivity contribution >= 4 is 33.3 Å². The number of sulfonamides is 1. The molecule has 0 unspecified atom stereocenters. The number of carboxylic acid groups (broad SMARTS) is 1. The fraction of sp³-hybridized carbons (Fsp3) is 0.250. The van der Waals surface area contributed by atoms with Crippen LogP contribution in [0, 0.1) is 0 Å². The third kappa shape index (κ3) is 4.07. The van der Waals surface area contributed by atoms with Crippen molar-refractivity contribution in [2.75, 3.05) is 6.61 Å². The zero-order valence-electron chi connectivity index (χ0n) is 18.1. The first-order chi connectivity index (χ1) is 15.6. The number of carbonyl (C=O) groups is 2. The molecule has 0 spiro atoms. The molecule has 0 bridgehead atoms. The summed E-state index contributed by atoms with van der Waals surface area (Å²) in [6, 6.07) is 18.8. The topological polar surface area (TPSA) is 110 Å². The summed E-state index contributed by atoms with van der Waals surface area (Å²) >= 11 is 1.01. The summed E-state index contributed by atoms with van der Waals surface area (Å²) < 4.78 is 33.8. The Morgan fingerprint density at radius 1 is 1.09 bits per heavy atom. The lowest BCUT2D eigenvalue weighted by Gasteiger charge is -2.20. The Hall–Kier alpha value is -3.01. The lowest BCUT2D eigenvalue weighted by Crippen LogP contribution is -2.47. The molecule has 0 saturated heterocycles. The summed E-state index contributed by atoms with van der Waals surface area (Å²) in [6.07, 6.45) is 0.151. The van der Waals surface area contributed by atoms with Gasteiger partial charge in [-0.25, -0.2) is 13.2 Å². The third-order valence-corrected chi connectivity index (χ3v) is 9.14. The lowest BCUT2D eigenvalue weighted by atomic mass is 9.93. The number of hydrogen-bond donors (Lipinski definition) is 2. The second-order valence-corrected chi connectivity index (χ2v) is 11.1. The summed E-state index contributed by atoms with van der Waals surface area (Å²) in [5, 5.41) is 9.95. The SMILES string of the molecule is CCOC(=O)c1cccc(-c2ccc(S(=O)(=O)N[C@@]3(C(=O)O)C[C@]3(C)c3ccccc3)s2)c1. The fourth-order valence-electron chi connectivity index (χ4n) is 4.06. The number of carbonyl (C=O) groups excluding carboxylic acids is 1. The van der Waals surface area contributed by atoms with E-state index in [1.807, 2.05) is 6.07 Å². The summed E-state index contributed by atoms with van der Waals surface area (Å²) in [5.41, 5.74) is -0.687. The number of rotatable bonds is 8. The second kappa shape index (κ2) is 8.40. The number of benzene rings is 2. The van der Waals surface area contributed by atoms with Crippen LogP contribution < -0.4 is 4.72 Å². The Kier molecular flexibility index (Phi) is 5.90. The average molecular weight is 486 g/mol. The zero-order valence-corrected chi connectivity index (χ0v) is 19.7. The van der Waals surface area contributed by atoms with Crippen molar-refractivity contribution in [2.24, 2.45) is 0 Å². The van der Waals surface area contributed by atoms with Crippen molar-refractivity contribution < 1.29 is 27.9 Å². The standard InChI is InChI=1S/C24H23NO6S2/c1-3-31-21(26)17-9-7-8-16(14-17)19-12-13-20(32-19)33(29,30)25-24(22(27)28)15-23(24,2)18-10-5-4-6-11-18/h4-14,25H,3,15H2,1-2H3,(H,27,28)/t23-,24-/m1/s1. The first-order valence-corrected chi connectivity index (χ1v) is 12.6. The van der Waals surface area contributed by atoms with E-state index in [4.69, 9.17) is 4.74 Å². The Morgan fingerprint density at radius 2 is 1.82 bits per heavy atom. The first-order valence-electron chi connectivity index (χ1n) is 10.3. The number of hydrogen-bond acceptors (Lipinski definition) is 6. The number of carboxylic acids is 1. The zero-order chi connectivity index (χ0) is 23.9.